The number of rotatable bonds is 4. The van der Waals surface area contributed by atoms with Gasteiger partial charge in [-0.15, -0.1) is 6.58 Å². The summed E-state index contributed by atoms with van der Waals surface area (Å²) in [6, 6.07) is 3.92. The third-order valence-corrected chi connectivity index (χ3v) is 2.80. The van der Waals surface area contributed by atoms with Gasteiger partial charge < -0.3 is 5.32 Å². The van der Waals surface area contributed by atoms with Crippen LogP contribution in [0.4, 0.5) is 0 Å². The summed E-state index contributed by atoms with van der Waals surface area (Å²) in [5.74, 6) is -0.107. The lowest BCUT2D eigenvalue weighted by molar-refractivity contribution is 0.0951. The highest BCUT2D eigenvalue weighted by Crippen LogP contribution is 2.14. The van der Waals surface area contributed by atoms with Gasteiger partial charge in [0.15, 0.2) is 0 Å². The van der Waals surface area contributed by atoms with Crippen LogP contribution in [0.1, 0.15) is 28.7 Å². The molecule has 4 heteroatoms. The number of nitrogens with zero attached hydrogens (tertiary/aromatic N) is 2. The van der Waals surface area contributed by atoms with E-state index in [1.165, 1.54) is 0 Å². The molecular formula is C14H17N3O. The van der Waals surface area contributed by atoms with E-state index in [2.05, 4.69) is 16.9 Å². The summed E-state index contributed by atoms with van der Waals surface area (Å²) in [5, 5.41) is 2.80. The van der Waals surface area contributed by atoms with Gasteiger partial charge in [-0.05, 0) is 25.0 Å². The topological polar surface area (TPSA) is 46.4 Å². The highest BCUT2D eigenvalue weighted by atomic mass is 16.1. The molecule has 1 amide bonds. The first-order valence-electron chi connectivity index (χ1n) is 6.04. The number of pyridine rings is 1. The van der Waals surface area contributed by atoms with Crippen LogP contribution in [-0.4, -0.2) is 21.8 Å². The number of aromatic nitrogens is 2. The van der Waals surface area contributed by atoms with Crippen LogP contribution in [0, 0.1) is 6.92 Å². The van der Waals surface area contributed by atoms with E-state index in [0.29, 0.717) is 12.2 Å². The van der Waals surface area contributed by atoms with Crippen molar-refractivity contribution in [3.63, 3.8) is 0 Å². The number of hydrogen-bond donors (Lipinski definition) is 1. The Morgan fingerprint density at radius 2 is 2.33 bits per heavy atom. The summed E-state index contributed by atoms with van der Waals surface area (Å²) in [7, 11) is 0. The van der Waals surface area contributed by atoms with Crippen molar-refractivity contribution >= 4 is 11.6 Å². The molecule has 0 aromatic carbocycles. The Labute approximate surface area is 106 Å². The number of fused-ring (bicyclic) bond motifs is 1. The van der Waals surface area contributed by atoms with Gasteiger partial charge in [0.05, 0.1) is 5.69 Å². The molecule has 0 aliphatic carbocycles. The molecule has 4 nitrogen and oxygen atoms in total. The fourth-order valence-corrected chi connectivity index (χ4v) is 1.94. The Bertz CT molecular complexity index is 598. The third kappa shape index (κ3) is 2.14. The fraction of sp³-hybridized carbons (Fsp3) is 0.286. The average molecular weight is 243 g/mol. The highest BCUT2D eigenvalue weighted by molar-refractivity contribution is 5.94. The Balaban J connectivity index is 2.54. The zero-order chi connectivity index (χ0) is 13.1. The molecule has 2 aromatic heterocycles. The van der Waals surface area contributed by atoms with Gasteiger partial charge in [-0.3, -0.25) is 9.20 Å². The van der Waals surface area contributed by atoms with Crippen molar-refractivity contribution in [2.24, 2.45) is 0 Å². The van der Waals surface area contributed by atoms with Crippen molar-refractivity contribution < 1.29 is 4.79 Å². The van der Waals surface area contributed by atoms with Crippen molar-refractivity contribution in [3.05, 3.63) is 47.9 Å². The predicted molar refractivity (Wildman–Crippen MR) is 71.8 cm³/mol. The van der Waals surface area contributed by atoms with Crippen LogP contribution in [-0.2, 0) is 6.42 Å². The Morgan fingerprint density at radius 1 is 1.56 bits per heavy atom. The lowest BCUT2D eigenvalue weighted by Gasteiger charge is -2.04. The average Bonchev–Trinajstić information content (AvgIpc) is 2.73. The largest absolute Gasteiger partial charge is 0.347 e. The van der Waals surface area contributed by atoms with Crippen LogP contribution in [0.3, 0.4) is 0 Å². The normalized spacial score (nSPS) is 10.6. The summed E-state index contributed by atoms with van der Waals surface area (Å²) in [6.07, 6.45) is 4.33. The van der Waals surface area contributed by atoms with E-state index in [1.807, 2.05) is 36.6 Å². The molecule has 0 saturated carbocycles. The molecule has 0 bridgehead atoms. The van der Waals surface area contributed by atoms with Crippen molar-refractivity contribution in [1.82, 2.24) is 14.7 Å². The minimum Gasteiger partial charge on any atom is -0.347 e. The molecule has 2 aromatic rings. The van der Waals surface area contributed by atoms with Crippen LogP contribution < -0.4 is 5.32 Å². The smallest absolute Gasteiger partial charge is 0.270 e. The van der Waals surface area contributed by atoms with Gasteiger partial charge in [-0.1, -0.05) is 19.1 Å². The molecule has 1 N–H and O–H groups in total. The molecule has 0 atom stereocenters. The van der Waals surface area contributed by atoms with Crippen LogP contribution in [0.15, 0.2) is 31.0 Å². The number of imidazole rings is 1. The van der Waals surface area contributed by atoms with Gasteiger partial charge >= 0.3 is 0 Å². The molecule has 0 aliphatic heterocycles. The second kappa shape index (κ2) is 5.04. The first-order chi connectivity index (χ1) is 8.67. The standard InChI is InChI=1S/C14H17N3O/c1-4-8-15-14(18)13-11(5-2)16-12-7-6-10(3)9-17(12)13/h4,6-7,9H,1,5,8H2,2-3H3,(H,15,18). The van der Waals surface area contributed by atoms with Crippen LogP contribution in [0.25, 0.3) is 5.65 Å². The number of aryl methyl sites for hydroxylation is 2. The molecule has 0 radical (unpaired) electrons. The zero-order valence-corrected chi connectivity index (χ0v) is 10.7. The minimum absolute atomic E-state index is 0.107. The number of amides is 1. The first-order valence-corrected chi connectivity index (χ1v) is 6.04. The quantitative estimate of drug-likeness (QED) is 0.836. The molecule has 2 rings (SSSR count). The monoisotopic (exact) mass is 243 g/mol. The van der Waals surface area contributed by atoms with Gasteiger partial charge in [0.2, 0.25) is 0 Å². The molecular weight excluding hydrogens is 226 g/mol. The number of hydrogen-bond acceptors (Lipinski definition) is 2. The molecule has 18 heavy (non-hydrogen) atoms. The number of carbonyl (C=O) groups excluding carboxylic acids is 1. The highest BCUT2D eigenvalue weighted by Gasteiger charge is 2.17. The maximum Gasteiger partial charge on any atom is 0.270 e. The van der Waals surface area contributed by atoms with Gasteiger partial charge in [0, 0.05) is 12.7 Å². The number of carbonyl (C=O) groups is 1. The summed E-state index contributed by atoms with van der Waals surface area (Å²) in [4.78, 5) is 16.6. The second-order valence-corrected chi connectivity index (χ2v) is 4.19. The van der Waals surface area contributed by atoms with E-state index in [1.54, 1.807) is 6.08 Å². The molecule has 94 valence electrons. The third-order valence-electron chi connectivity index (χ3n) is 2.80. The van der Waals surface area contributed by atoms with Gasteiger partial charge in [-0.2, -0.15) is 0 Å². The maximum absolute atomic E-state index is 12.1. The van der Waals surface area contributed by atoms with Crippen LogP contribution in [0.2, 0.25) is 0 Å². The van der Waals surface area contributed by atoms with Gasteiger partial charge in [0.1, 0.15) is 11.3 Å². The van der Waals surface area contributed by atoms with E-state index < -0.39 is 0 Å². The minimum atomic E-state index is -0.107. The summed E-state index contributed by atoms with van der Waals surface area (Å²) in [5.41, 5.74) is 3.35. The van der Waals surface area contributed by atoms with E-state index in [9.17, 15) is 4.79 Å². The second-order valence-electron chi connectivity index (χ2n) is 4.19. The molecule has 0 spiro atoms. The number of nitrogens with one attached hydrogen (secondary N) is 1. The summed E-state index contributed by atoms with van der Waals surface area (Å²) < 4.78 is 1.85. The fourth-order valence-electron chi connectivity index (χ4n) is 1.94. The van der Waals surface area contributed by atoms with Crippen LogP contribution in [0.5, 0.6) is 0 Å². The molecule has 0 saturated heterocycles. The lowest BCUT2D eigenvalue weighted by atomic mass is 10.2. The zero-order valence-electron chi connectivity index (χ0n) is 10.7. The van der Waals surface area contributed by atoms with Crippen molar-refractivity contribution in [1.29, 1.82) is 0 Å². The van der Waals surface area contributed by atoms with Crippen molar-refractivity contribution in [3.8, 4) is 0 Å². The van der Waals surface area contributed by atoms with Gasteiger partial charge in [-0.25, -0.2) is 4.98 Å². The Hall–Kier alpha value is -2.10. The predicted octanol–water partition coefficient (Wildman–Crippen LogP) is 2.12. The van der Waals surface area contributed by atoms with E-state index >= 15 is 0 Å². The molecule has 0 unspecified atom stereocenters. The summed E-state index contributed by atoms with van der Waals surface area (Å²) >= 11 is 0. The molecule has 2 heterocycles. The summed E-state index contributed by atoms with van der Waals surface area (Å²) in [6.45, 7) is 8.05. The van der Waals surface area contributed by atoms with Crippen LogP contribution >= 0.6 is 0 Å². The van der Waals surface area contributed by atoms with E-state index in [4.69, 9.17) is 0 Å². The Kier molecular flexibility index (Phi) is 3.46. The van der Waals surface area contributed by atoms with Crippen molar-refractivity contribution in [2.45, 2.75) is 20.3 Å². The maximum atomic E-state index is 12.1. The van der Waals surface area contributed by atoms with Crippen molar-refractivity contribution in [2.75, 3.05) is 6.54 Å². The van der Waals surface area contributed by atoms with E-state index in [0.717, 1.165) is 23.3 Å². The van der Waals surface area contributed by atoms with E-state index in [-0.39, 0.29) is 5.91 Å². The van der Waals surface area contributed by atoms with Gasteiger partial charge in [0.25, 0.3) is 5.91 Å². The first kappa shape index (κ1) is 12.4. The molecule has 0 fully saturated rings. The molecule has 0 aliphatic rings. The SMILES string of the molecule is C=CCNC(=O)c1c(CC)nc2ccc(C)cn12. The Morgan fingerprint density at radius 3 is 3.00 bits per heavy atom. The lowest BCUT2D eigenvalue weighted by Crippen LogP contribution is -2.25.